The maximum absolute atomic E-state index is 10.9. The molecule has 0 bridgehead atoms. The molecule has 1 aliphatic rings. The molecule has 1 amide bonds. The topological polar surface area (TPSA) is 46.6 Å². The number of carbonyl (C=O) groups is 2. The van der Waals surface area contributed by atoms with Crippen molar-refractivity contribution in [3.8, 4) is 0 Å². The van der Waals surface area contributed by atoms with Gasteiger partial charge < -0.3 is 4.74 Å². The van der Waals surface area contributed by atoms with Crippen LogP contribution < -0.4 is 0 Å². The molecule has 1 atom stereocenters. The Bertz CT molecular complexity index is 214. The Labute approximate surface area is 65.1 Å². The van der Waals surface area contributed by atoms with Crippen molar-refractivity contribution in [3.63, 3.8) is 0 Å². The lowest BCUT2D eigenvalue weighted by atomic mass is 10.2. The molecule has 0 aromatic rings. The Morgan fingerprint density at radius 2 is 2.09 bits per heavy atom. The molecule has 1 rings (SSSR count). The van der Waals surface area contributed by atoms with Crippen LogP contribution in [0.2, 0.25) is 0 Å². The van der Waals surface area contributed by atoms with E-state index in [9.17, 15) is 9.59 Å². The van der Waals surface area contributed by atoms with Crippen LogP contribution in [0.25, 0.3) is 0 Å². The molecule has 0 aromatic carbocycles. The summed E-state index contributed by atoms with van der Waals surface area (Å²) < 4.78 is 4.80. The molecule has 1 fully saturated rings. The van der Waals surface area contributed by atoms with Crippen molar-refractivity contribution in [3.05, 3.63) is 6.42 Å². The fraction of sp³-hybridized carbons (Fsp3) is 0.571. The van der Waals surface area contributed by atoms with Crippen molar-refractivity contribution in [2.45, 2.75) is 19.6 Å². The highest BCUT2D eigenvalue weighted by molar-refractivity contribution is 6.34. The molecule has 0 N–H and O–H groups in total. The van der Waals surface area contributed by atoms with E-state index < -0.39 is 17.6 Å². The average molecular weight is 156 g/mol. The summed E-state index contributed by atoms with van der Waals surface area (Å²) in [5, 5.41) is 0. The Morgan fingerprint density at radius 3 is 2.27 bits per heavy atom. The quantitative estimate of drug-likeness (QED) is 0.394. The molecule has 1 radical (unpaired) electrons. The number of esters is 1. The maximum Gasteiger partial charge on any atom is 0.399 e. The van der Waals surface area contributed by atoms with Gasteiger partial charge in [-0.3, -0.25) is 9.69 Å². The second kappa shape index (κ2) is 2.22. The standard InChI is InChI=1S/C7H10NO3/c1-4-7(2)8(3)5(9)6(10)11-7/h4H,1-3H3. The van der Waals surface area contributed by atoms with Crippen LogP contribution in [0.1, 0.15) is 13.8 Å². The molecule has 1 aliphatic heterocycles. The lowest BCUT2D eigenvalue weighted by Crippen LogP contribution is -2.41. The number of amides is 1. The first-order chi connectivity index (χ1) is 5.01. The van der Waals surface area contributed by atoms with Gasteiger partial charge in [-0.2, -0.15) is 0 Å². The Hall–Kier alpha value is -1.06. The molecular weight excluding hydrogens is 146 g/mol. The highest BCUT2D eigenvalue weighted by Crippen LogP contribution is 2.24. The zero-order valence-corrected chi connectivity index (χ0v) is 6.75. The normalized spacial score (nSPS) is 31.0. The predicted molar refractivity (Wildman–Crippen MR) is 37.2 cm³/mol. The summed E-state index contributed by atoms with van der Waals surface area (Å²) in [6.45, 7) is 3.40. The van der Waals surface area contributed by atoms with Gasteiger partial charge in [-0.25, -0.2) is 4.79 Å². The largest absolute Gasteiger partial charge is 0.432 e. The second-order valence-electron chi connectivity index (χ2n) is 2.60. The molecule has 0 spiro atoms. The van der Waals surface area contributed by atoms with Crippen LogP contribution in [0.4, 0.5) is 0 Å². The number of ether oxygens (including phenoxy) is 1. The molecule has 11 heavy (non-hydrogen) atoms. The number of likely N-dealkylation sites (N-methyl/N-ethyl adjacent to an activating group) is 1. The van der Waals surface area contributed by atoms with Gasteiger partial charge in [0, 0.05) is 13.5 Å². The minimum atomic E-state index is -0.853. The van der Waals surface area contributed by atoms with Gasteiger partial charge >= 0.3 is 11.9 Å². The zero-order chi connectivity index (χ0) is 8.65. The van der Waals surface area contributed by atoms with E-state index in [4.69, 9.17) is 4.74 Å². The van der Waals surface area contributed by atoms with Crippen LogP contribution in [0.15, 0.2) is 0 Å². The SMILES string of the molecule is C[CH]C1(C)OC(=O)C(=O)N1C. The maximum atomic E-state index is 10.9. The van der Waals surface area contributed by atoms with E-state index in [-0.39, 0.29) is 0 Å². The van der Waals surface area contributed by atoms with E-state index in [0.29, 0.717) is 0 Å². The molecule has 61 valence electrons. The van der Waals surface area contributed by atoms with Crippen LogP contribution in [-0.4, -0.2) is 29.5 Å². The van der Waals surface area contributed by atoms with Gasteiger partial charge in [0.1, 0.15) is 0 Å². The van der Waals surface area contributed by atoms with Crippen LogP contribution >= 0.6 is 0 Å². The first-order valence-corrected chi connectivity index (χ1v) is 3.33. The molecule has 1 heterocycles. The molecule has 1 unspecified atom stereocenters. The van der Waals surface area contributed by atoms with Crippen LogP contribution in [0, 0.1) is 6.42 Å². The summed E-state index contributed by atoms with van der Waals surface area (Å²) in [5.74, 6) is -1.38. The first kappa shape index (κ1) is 8.04. The number of nitrogens with zero attached hydrogens (tertiary/aromatic N) is 1. The number of rotatable bonds is 1. The zero-order valence-electron chi connectivity index (χ0n) is 6.75. The molecular formula is C7H10NO3. The molecule has 4 heteroatoms. The lowest BCUT2D eigenvalue weighted by molar-refractivity contribution is -0.151. The molecule has 4 nitrogen and oxygen atoms in total. The molecule has 0 aromatic heterocycles. The Balaban J connectivity index is 2.90. The van der Waals surface area contributed by atoms with Gasteiger partial charge in [0.15, 0.2) is 5.72 Å². The van der Waals surface area contributed by atoms with Crippen molar-refractivity contribution < 1.29 is 14.3 Å². The average Bonchev–Trinajstić information content (AvgIpc) is 2.17. The van der Waals surface area contributed by atoms with Crippen molar-refractivity contribution in [1.29, 1.82) is 0 Å². The number of cyclic esters (lactones) is 1. The molecule has 0 saturated carbocycles. The second-order valence-corrected chi connectivity index (χ2v) is 2.60. The Morgan fingerprint density at radius 1 is 1.55 bits per heavy atom. The molecule has 1 saturated heterocycles. The van der Waals surface area contributed by atoms with Crippen molar-refractivity contribution in [2.75, 3.05) is 7.05 Å². The van der Waals surface area contributed by atoms with Gasteiger partial charge in [-0.1, -0.05) is 6.92 Å². The smallest absolute Gasteiger partial charge is 0.399 e. The van der Waals surface area contributed by atoms with E-state index in [1.54, 1.807) is 20.3 Å². The van der Waals surface area contributed by atoms with E-state index >= 15 is 0 Å². The number of carbonyl (C=O) groups excluding carboxylic acids is 2. The van der Waals surface area contributed by atoms with Crippen LogP contribution in [0.5, 0.6) is 0 Å². The van der Waals surface area contributed by atoms with Gasteiger partial charge in [0.2, 0.25) is 0 Å². The molecule has 0 aliphatic carbocycles. The highest BCUT2D eigenvalue weighted by Gasteiger charge is 2.46. The fourth-order valence-corrected chi connectivity index (χ4v) is 0.891. The number of hydrogen-bond acceptors (Lipinski definition) is 3. The summed E-state index contributed by atoms with van der Waals surface area (Å²) >= 11 is 0. The highest BCUT2D eigenvalue weighted by atomic mass is 16.6. The summed E-state index contributed by atoms with van der Waals surface area (Å²) in [7, 11) is 1.53. The first-order valence-electron chi connectivity index (χ1n) is 3.33. The van der Waals surface area contributed by atoms with Crippen molar-refractivity contribution in [1.82, 2.24) is 4.90 Å². The minimum Gasteiger partial charge on any atom is -0.432 e. The summed E-state index contributed by atoms with van der Waals surface area (Å²) in [5.41, 5.74) is -0.853. The van der Waals surface area contributed by atoms with E-state index in [1.165, 1.54) is 11.9 Å². The van der Waals surface area contributed by atoms with Gasteiger partial charge in [0.05, 0.1) is 0 Å². The van der Waals surface area contributed by atoms with Crippen LogP contribution in [-0.2, 0) is 14.3 Å². The third-order valence-electron chi connectivity index (χ3n) is 1.98. The van der Waals surface area contributed by atoms with Gasteiger partial charge in [-0.15, -0.1) is 0 Å². The van der Waals surface area contributed by atoms with E-state index in [1.807, 2.05) is 0 Å². The van der Waals surface area contributed by atoms with E-state index in [2.05, 4.69) is 0 Å². The van der Waals surface area contributed by atoms with Gasteiger partial charge in [-0.05, 0) is 6.92 Å². The van der Waals surface area contributed by atoms with E-state index in [0.717, 1.165) is 0 Å². The van der Waals surface area contributed by atoms with Crippen molar-refractivity contribution >= 4 is 11.9 Å². The third-order valence-corrected chi connectivity index (χ3v) is 1.98. The van der Waals surface area contributed by atoms with Gasteiger partial charge in [0.25, 0.3) is 0 Å². The lowest BCUT2D eigenvalue weighted by Gasteiger charge is -2.27. The predicted octanol–water partition coefficient (Wildman–Crippen LogP) is -0.0580. The summed E-state index contributed by atoms with van der Waals surface area (Å²) in [4.78, 5) is 22.9. The monoisotopic (exact) mass is 156 g/mol. The Kier molecular flexibility index (Phi) is 1.62. The minimum absolute atomic E-state index is 0.592. The fourth-order valence-electron chi connectivity index (χ4n) is 0.891. The summed E-state index contributed by atoms with van der Waals surface area (Å²) in [6.07, 6.45) is 1.66. The van der Waals surface area contributed by atoms with Crippen LogP contribution in [0.3, 0.4) is 0 Å². The van der Waals surface area contributed by atoms with Crippen molar-refractivity contribution in [2.24, 2.45) is 0 Å². The third kappa shape index (κ3) is 0.982. The number of hydrogen-bond donors (Lipinski definition) is 0. The summed E-state index contributed by atoms with van der Waals surface area (Å²) in [6, 6.07) is 0.